The maximum atomic E-state index is 13.5. The Morgan fingerprint density at radius 2 is 1.61 bits per heavy atom. The van der Waals surface area contributed by atoms with Crippen molar-refractivity contribution in [2.24, 2.45) is 7.05 Å². The Morgan fingerprint density at radius 3 is 2.39 bits per heavy atom. The largest absolute Gasteiger partial charge is 0.371 e. The Morgan fingerprint density at radius 1 is 0.871 bits per heavy atom. The Balaban J connectivity index is 1.53. The number of imide groups is 1. The standard InChI is InChI=1S/C24H20N4O3/c1-26-20-9-7-14(13-18(20)25-24(26)31)28-22(29)16-6-4-5-15-19(27-11-2-3-12-27)10-8-17(21(15)16)23(28)30/h4-10,13H,2-3,11-12H2,1H3,(H,25,31). The van der Waals surface area contributed by atoms with Gasteiger partial charge in [0.15, 0.2) is 0 Å². The van der Waals surface area contributed by atoms with Crippen molar-refractivity contribution in [1.29, 1.82) is 0 Å². The summed E-state index contributed by atoms with van der Waals surface area (Å²) in [6, 6.07) is 14.6. The van der Waals surface area contributed by atoms with Crippen molar-refractivity contribution in [3.05, 3.63) is 70.1 Å². The van der Waals surface area contributed by atoms with Crippen LogP contribution in [0.25, 0.3) is 21.8 Å². The molecule has 6 rings (SSSR count). The van der Waals surface area contributed by atoms with Crippen molar-refractivity contribution < 1.29 is 9.59 Å². The van der Waals surface area contributed by atoms with Gasteiger partial charge in [-0.1, -0.05) is 12.1 Å². The van der Waals surface area contributed by atoms with Crippen molar-refractivity contribution in [2.45, 2.75) is 12.8 Å². The number of anilines is 2. The van der Waals surface area contributed by atoms with Gasteiger partial charge in [-0.2, -0.15) is 0 Å². The molecule has 3 heterocycles. The van der Waals surface area contributed by atoms with Crippen molar-refractivity contribution in [2.75, 3.05) is 22.9 Å². The Kier molecular flexibility index (Phi) is 3.65. The molecule has 1 saturated heterocycles. The lowest BCUT2D eigenvalue weighted by Crippen LogP contribution is -2.40. The predicted octanol–water partition coefficient (Wildman–Crippen LogP) is 3.42. The fourth-order valence-corrected chi connectivity index (χ4v) is 4.91. The summed E-state index contributed by atoms with van der Waals surface area (Å²) >= 11 is 0. The molecule has 0 aliphatic carbocycles. The molecular weight excluding hydrogens is 392 g/mol. The van der Waals surface area contributed by atoms with E-state index in [2.05, 4.69) is 9.88 Å². The lowest BCUT2D eigenvalue weighted by Gasteiger charge is -2.29. The first-order valence-corrected chi connectivity index (χ1v) is 10.4. The topological polar surface area (TPSA) is 78.4 Å². The van der Waals surface area contributed by atoms with Gasteiger partial charge < -0.3 is 9.88 Å². The molecule has 0 radical (unpaired) electrons. The zero-order chi connectivity index (χ0) is 21.3. The highest BCUT2D eigenvalue weighted by Crippen LogP contribution is 2.38. The van der Waals surface area contributed by atoms with Crippen molar-refractivity contribution >= 4 is 45.0 Å². The molecule has 2 aliphatic heterocycles. The first-order chi connectivity index (χ1) is 15.0. The second-order valence-corrected chi connectivity index (χ2v) is 8.19. The van der Waals surface area contributed by atoms with E-state index in [1.165, 1.54) is 9.47 Å². The Labute approximate surface area is 177 Å². The number of amides is 2. The molecule has 0 atom stereocenters. The van der Waals surface area contributed by atoms with Gasteiger partial charge in [0, 0.05) is 47.7 Å². The van der Waals surface area contributed by atoms with Crippen LogP contribution in [-0.4, -0.2) is 34.5 Å². The minimum absolute atomic E-state index is 0.243. The molecule has 7 heteroatoms. The molecule has 2 amide bonds. The van der Waals surface area contributed by atoms with Crippen LogP contribution in [0.1, 0.15) is 33.6 Å². The molecule has 1 aromatic heterocycles. The maximum absolute atomic E-state index is 13.5. The van der Waals surface area contributed by atoms with Crippen molar-refractivity contribution in [3.8, 4) is 0 Å². The molecule has 2 aliphatic rings. The smallest absolute Gasteiger partial charge is 0.326 e. The summed E-state index contributed by atoms with van der Waals surface area (Å²) in [5.74, 6) is -0.696. The molecule has 4 aromatic rings. The zero-order valence-corrected chi connectivity index (χ0v) is 17.0. The molecule has 0 saturated carbocycles. The summed E-state index contributed by atoms with van der Waals surface area (Å²) in [7, 11) is 1.67. The first-order valence-electron chi connectivity index (χ1n) is 10.4. The fourth-order valence-electron chi connectivity index (χ4n) is 4.91. The van der Waals surface area contributed by atoms with Crippen LogP contribution in [-0.2, 0) is 7.05 Å². The molecule has 154 valence electrons. The Bertz CT molecular complexity index is 1450. The highest BCUT2D eigenvalue weighted by atomic mass is 16.2. The van der Waals surface area contributed by atoms with Crippen LogP contribution in [0.2, 0.25) is 0 Å². The van der Waals surface area contributed by atoms with Gasteiger partial charge in [0.1, 0.15) is 0 Å². The van der Waals surface area contributed by atoms with E-state index in [-0.39, 0.29) is 17.5 Å². The highest BCUT2D eigenvalue weighted by Gasteiger charge is 2.35. The van der Waals surface area contributed by atoms with Crippen LogP contribution in [0, 0.1) is 0 Å². The number of hydrogen-bond acceptors (Lipinski definition) is 4. The molecule has 7 nitrogen and oxygen atoms in total. The molecule has 3 aromatic carbocycles. The molecule has 1 fully saturated rings. The lowest BCUT2D eigenvalue weighted by molar-refractivity contribution is 0.0893. The van der Waals surface area contributed by atoms with Gasteiger partial charge in [0.2, 0.25) is 0 Å². The monoisotopic (exact) mass is 412 g/mol. The highest BCUT2D eigenvalue weighted by molar-refractivity contribution is 6.36. The van der Waals surface area contributed by atoms with Crippen LogP contribution in [0.15, 0.2) is 53.3 Å². The van der Waals surface area contributed by atoms with E-state index in [0.717, 1.165) is 42.4 Å². The third-order valence-corrected chi connectivity index (χ3v) is 6.48. The number of hydrogen-bond donors (Lipinski definition) is 1. The number of rotatable bonds is 2. The fraction of sp³-hybridized carbons (Fsp3) is 0.208. The van der Waals surface area contributed by atoms with Gasteiger partial charge >= 0.3 is 5.69 Å². The van der Waals surface area contributed by atoms with Gasteiger partial charge in [-0.15, -0.1) is 0 Å². The average molecular weight is 412 g/mol. The van der Waals surface area contributed by atoms with E-state index in [0.29, 0.717) is 27.8 Å². The average Bonchev–Trinajstić information content (AvgIpc) is 3.40. The van der Waals surface area contributed by atoms with Gasteiger partial charge in [0.25, 0.3) is 11.8 Å². The number of aromatic amines is 1. The molecule has 0 bridgehead atoms. The van der Waals surface area contributed by atoms with Crippen LogP contribution < -0.4 is 15.5 Å². The zero-order valence-electron chi connectivity index (χ0n) is 17.0. The third kappa shape index (κ3) is 2.43. The van der Waals surface area contributed by atoms with E-state index >= 15 is 0 Å². The van der Waals surface area contributed by atoms with Crippen LogP contribution >= 0.6 is 0 Å². The number of benzene rings is 3. The van der Waals surface area contributed by atoms with Gasteiger partial charge in [0.05, 0.1) is 16.7 Å². The molecule has 0 spiro atoms. The number of aryl methyl sites for hydroxylation is 1. The summed E-state index contributed by atoms with van der Waals surface area (Å²) in [5.41, 5.74) is 3.62. The normalized spacial score (nSPS) is 16.2. The van der Waals surface area contributed by atoms with E-state index in [1.54, 1.807) is 31.3 Å². The van der Waals surface area contributed by atoms with Crippen LogP contribution in [0.3, 0.4) is 0 Å². The second-order valence-electron chi connectivity index (χ2n) is 8.19. The van der Waals surface area contributed by atoms with E-state index in [4.69, 9.17) is 0 Å². The van der Waals surface area contributed by atoms with E-state index in [1.807, 2.05) is 24.3 Å². The number of carbonyl (C=O) groups is 2. The number of H-pyrrole nitrogens is 1. The maximum Gasteiger partial charge on any atom is 0.326 e. The third-order valence-electron chi connectivity index (χ3n) is 6.48. The summed E-state index contributed by atoms with van der Waals surface area (Å²) < 4.78 is 1.49. The molecule has 1 N–H and O–H groups in total. The summed E-state index contributed by atoms with van der Waals surface area (Å²) in [6.07, 6.45) is 2.30. The number of imidazole rings is 1. The molecular formula is C24H20N4O3. The molecule has 0 unspecified atom stereocenters. The molecule has 31 heavy (non-hydrogen) atoms. The van der Waals surface area contributed by atoms with Gasteiger partial charge in [-0.05, 0) is 49.2 Å². The number of aromatic nitrogens is 2. The first kappa shape index (κ1) is 17.9. The van der Waals surface area contributed by atoms with E-state index in [9.17, 15) is 14.4 Å². The number of carbonyl (C=O) groups excluding carboxylic acids is 2. The minimum Gasteiger partial charge on any atom is -0.371 e. The van der Waals surface area contributed by atoms with Crippen LogP contribution in [0.5, 0.6) is 0 Å². The quantitative estimate of drug-likeness (QED) is 0.512. The SMILES string of the molecule is Cn1c(=O)[nH]c2cc(N3C(=O)c4cccc5c(N6CCCC6)ccc(c45)C3=O)ccc21. The number of nitrogens with zero attached hydrogens (tertiary/aromatic N) is 3. The number of nitrogens with one attached hydrogen (secondary N) is 1. The summed E-state index contributed by atoms with van der Waals surface area (Å²) in [4.78, 5) is 45.2. The van der Waals surface area contributed by atoms with Crippen LogP contribution in [0.4, 0.5) is 11.4 Å². The second kappa shape index (κ2) is 6.31. The predicted molar refractivity (Wildman–Crippen MR) is 120 cm³/mol. The minimum atomic E-state index is -0.348. The number of fused-ring (bicyclic) bond motifs is 1. The Hall–Kier alpha value is -3.87. The van der Waals surface area contributed by atoms with Crippen molar-refractivity contribution in [3.63, 3.8) is 0 Å². The van der Waals surface area contributed by atoms with Crippen molar-refractivity contribution in [1.82, 2.24) is 9.55 Å². The van der Waals surface area contributed by atoms with E-state index < -0.39 is 0 Å². The summed E-state index contributed by atoms with van der Waals surface area (Å²) in [6.45, 7) is 1.98. The van der Waals surface area contributed by atoms with Gasteiger partial charge in [-0.3, -0.25) is 14.2 Å². The summed E-state index contributed by atoms with van der Waals surface area (Å²) in [5, 5.41) is 1.67. The lowest BCUT2D eigenvalue weighted by atomic mass is 9.92. The van der Waals surface area contributed by atoms with Gasteiger partial charge in [-0.25, -0.2) is 9.69 Å².